The first-order valence-corrected chi connectivity index (χ1v) is 8.19. The second kappa shape index (κ2) is 6.08. The van der Waals surface area contributed by atoms with Crippen molar-refractivity contribution >= 4 is 6.09 Å². The van der Waals surface area contributed by atoms with E-state index in [0.29, 0.717) is 13.2 Å². The second-order valence-corrected chi connectivity index (χ2v) is 6.08. The number of carbonyl (C=O) groups is 1. The molecule has 1 fully saturated rings. The Morgan fingerprint density at radius 3 is 2.65 bits per heavy atom. The zero-order valence-corrected chi connectivity index (χ0v) is 13.1. The first kappa shape index (κ1) is 14.3. The molecule has 1 aromatic carbocycles. The van der Waals surface area contributed by atoms with E-state index in [1.165, 1.54) is 11.3 Å². The Morgan fingerprint density at radius 2 is 1.87 bits per heavy atom. The molecular formula is C18H21N3O2. The average molecular weight is 311 g/mol. The summed E-state index contributed by atoms with van der Waals surface area (Å²) >= 11 is 0. The Labute approximate surface area is 136 Å². The van der Waals surface area contributed by atoms with Gasteiger partial charge in [-0.15, -0.1) is 0 Å². The van der Waals surface area contributed by atoms with Crippen LogP contribution < -0.4 is 0 Å². The molecule has 0 bridgehead atoms. The average Bonchev–Trinajstić information content (AvgIpc) is 3.21. The summed E-state index contributed by atoms with van der Waals surface area (Å²) in [6.45, 7) is 4.80. The van der Waals surface area contributed by atoms with Gasteiger partial charge >= 0.3 is 6.09 Å². The van der Waals surface area contributed by atoms with Gasteiger partial charge in [0, 0.05) is 38.1 Å². The minimum absolute atomic E-state index is 0.179. The first-order chi connectivity index (χ1) is 11.3. The van der Waals surface area contributed by atoms with Crippen LogP contribution in [0.4, 0.5) is 4.79 Å². The minimum Gasteiger partial charge on any atom is -0.448 e. The zero-order valence-electron chi connectivity index (χ0n) is 13.1. The fourth-order valence-electron chi connectivity index (χ4n) is 3.57. The van der Waals surface area contributed by atoms with E-state index in [9.17, 15) is 4.79 Å². The van der Waals surface area contributed by atoms with Gasteiger partial charge in [0.25, 0.3) is 0 Å². The Kier molecular flexibility index (Phi) is 3.79. The van der Waals surface area contributed by atoms with Gasteiger partial charge < -0.3 is 14.2 Å². The number of nitrogens with zero attached hydrogens (tertiary/aromatic N) is 3. The number of carbonyl (C=O) groups excluding carboxylic acids is 1. The van der Waals surface area contributed by atoms with Crippen LogP contribution in [0.1, 0.15) is 17.3 Å². The summed E-state index contributed by atoms with van der Waals surface area (Å²) in [7, 11) is 0. The molecule has 0 spiro atoms. The predicted octanol–water partition coefficient (Wildman–Crippen LogP) is 2.35. The number of fused-ring (bicyclic) bond motifs is 1. The maximum Gasteiger partial charge on any atom is 0.409 e. The summed E-state index contributed by atoms with van der Waals surface area (Å²) in [6, 6.07) is 15.2. The Hall–Kier alpha value is -2.27. The van der Waals surface area contributed by atoms with Gasteiger partial charge in [-0.3, -0.25) is 4.90 Å². The van der Waals surface area contributed by atoms with E-state index >= 15 is 0 Å². The van der Waals surface area contributed by atoms with Crippen molar-refractivity contribution < 1.29 is 9.53 Å². The number of benzene rings is 1. The number of cyclic esters (lactones) is 1. The SMILES string of the molecule is O=C1OCCN1CCN1CCn2cccc2[C@H]1c1ccccc1. The normalized spacial score (nSPS) is 21.3. The van der Waals surface area contributed by atoms with Crippen molar-refractivity contribution in [2.24, 2.45) is 0 Å². The van der Waals surface area contributed by atoms with Gasteiger partial charge in [-0.2, -0.15) is 0 Å². The number of hydrogen-bond donors (Lipinski definition) is 0. The molecule has 1 aromatic heterocycles. The summed E-state index contributed by atoms with van der Waals surface area (Å²) in [5.41, 5.74) is 2.63. The lowest BCUT2D eigenvalue weighted by Gasteiger charge is -2.37. The molecule has 120 valence electrons. The first-order valence-electron chi connectivity index (χ1n) is 8.19. The standard InChI is InChI=1S/C18H21N3O2/c22-18-21(13-14-23-18)12-11-20-10-9-19-8-4-7-16(19)17(20)15-5-2-1-3-6-15/h1-8,17H,9-14H2/t17-/m1/s1. The van der Waals surface area contributed by atoms with E-state index in [0.717, 1.165) is 26.2 Å². The highest BCUT2D eigenvalue weighted by Crippen LogP contribution is 2.32. The Balaban J connectivity index is 1.57. The maximum atomic E-state index is 11.6. The highest BCUT2D eigenvalue weighted by Gasteiger charge is 2.30. The fraction of sp³-hybridized carbons (Fsp3) is 0.389. The topological polar surface area (TPSA) is 37.7 Å². The molecule has 0 radical (unpaired) electrons. The number of aromatic nitrogens is 1. The van der Waals surface area contributed by atoms with Gasteiger partial charge in [-0.05, 0) is 17.7 Å². The van der Waals surface area contributed by atoms with Gasteiger partial charge in [-0.25, -0.2) is 4.79 Å². The lowest BCUT2D eigenvalue weighted by molar-refractivity contribution is 0.141. The molecule has 0 unspecified atom stereocenters. The minimum atomic E-state index is -0.179. The van der Waals surface area contributed by atoms with Crippen molar-refractivity contribution in [1.82, 2.24) is 14.4 Å². The Bertz CT molecular complexity index is 683. The summed E-state index contributed by atoms with van der Waals surface area (Å²) in [4.78, 5) is 15.9. The van der Waals surface area contributed by atoms with E-state index in [1.54, 1.807) is 4.90 Å². The third kappa shape index (κ3) is 2.72. The van der Waals surface area contributed by atoms with Crippen LogP contribution in [0, 0.1) is 0 Å². The Morgan fingerprint density at radius 1 is 1.00 bits per heavy atom. The molecule has 4 rings (SSSR count). The van der Waals surface area contributed by atoms with Crippen LogP contribution in [-0.2, 0) is 11.3 Å². The lowest BCUT2D eigenvalue weighted by Crippen LogP contribution is -2.43. The van der Waals surface area contributed by atoms with Crippen LogP contribution in [0.25, 0.3) is 0 Å². The highest BCUT2D eigenvalue weighted by molar-refractivity contribution is 5.69. The quantitative estimate of drug-likeness (QED) is 0.870. The van der Waals surface area contributed by atoms with Gasteiger partial charge in [0.1, 0.15) is 6.61 Å². The molecule has 3 heterocycles. The number of ether oxygens (including phenoxy) is 1. The van der Waals surface area contributed by atoms with Crippen molar-refractivity contribution in [3.63, 3.8) is 0 Å². The molecule has 2 aliphatic heterocycles. The van der Waals surface area contributed by atoms with E-state index in [2.05, 4.69) is 58.1 Å². The molecule has 1 atom stereocenters. The lowest BCUT2D eigenvalue weighted by atomic mass is 10.00. The van der Waals surface area contributed by atoms with E-state index < -0.39 is 0 Å². The zero-order chi connectivity index (χ0) is 15.6. The molecule has 1 amide bonds. The molecule has 0 aliphatic carbocycles. The third-order valence-corrected chi connectivity index (χ3v) is 4.76. The summed E-state index contributed by atoms with van der Waals surface area (Å²) < 4.78 is 7.36. The molecule has 5 heteroatoms. The number of hydrogen-bond acceptors (Lipinski definition) is 3. The van der Waals surface area contributed by atoms with Crippen LogP contribution in [0.3, 0.4) is 0 Å². The van der Waals surface area contributed by atoms with Crippen molar-refractivity contribution in [1.29, 1.82) is 0 Å². The summed E-state index contributed by atoms with van der Waals surface area (Å²) in [5, 5.41) is 0. The number of rotatable bonds is 4. The van der Waals surface area contributed by atoms with Crippen LogP contribution >= 0.6 is 0 Å². The molecule has 1 saturated heterocycles. The molecule has 2 aliphatic rings. The van der Waals surface area contributed by atoms with Crippen LogP contribution in [0.15, 0.2) is 48.7 Å². The highest BCUT2D eigenvalue weighted by atomic mass is 16.6. The maximum absolute atomic E-state index is 11.6. The van der Waals surface area contributed by atoms with Crippen molar-refractivity contribution in [2.45, 2.75) is 12.6 Å². The third-order valence-electron chi connectivity index (χ3n) is 4.76. The molecule has 2 aromatic rings. The molecular weight excluding hydrogens is 290 g/mol. The van der Waals surface area contributed by atoms with Crippen molar-refractivity contribution in [3.8, 4) is 0 Å². The second-order valence-electron chi connectivity index (χ2n) is 6.08. The van der Waals surface area contributed by atoms with Crippen LogP contribution in [0.2, 0.25) is 0 Å². The summed E-state index contributed by atoms with van der Waals surface area (Å²) in [5.74, 6) is 0. The number of amides is 1. The van der Waals surface area contributed by atoms with Gasteiger partial charge in [0.15, 0.2) is 0 Å². The van der Waals surface area contributed by atoms with Gasteiger partial charge in [-0.1, -0.05) is 30.3 Å². The van der Waals surface area contributed by atoms with Crippen LogP contribution in [0.5, 0.6) is 0 Å². The summed E-state index contributed by atoms with van der Waals surface area (Å²) in [6.07, 6.45) is 1.97. The van der Waals surface area contributed by atoms with E-state index in [4.69, 9.17) is 4.74 Å². The molecule has 23 heavy (non-hydrogen) atoms. The largest absolute Gasteiger partial charge is 0.448 e. The molecule has 0 N–H and O–H groups in total. The fourth-order valence-corrected chi connectivity index (χ4v) is 3.57. The predicted molar refractivity (Wildman–Crippen MR) is 87.2 cm³/mol. The van der Waals surface area contributed by atoms with Gasteiger partial charge in [0.05, 0.1) is 12.6 Å². The van der Waals surface area contributed by atoms with Crippen LogP contribution in [-0.4, -0.2) is 53.2 Å². The van der Waals surface area contributed by atoms with Crippen molar-refractivity contribution in [3.05, 3.63) is 59.9 Å². The molecule has 5 nitrogen and oxygen atoms in total. The van der Waals surface area contributed by atoms with E-state index in [-0.39, 0.29) is 12.1 Å². The molecule has 0 saturated carbocycles. The monoisotopic (exact) mass is 311 g/mol. The smallest absolute Gasteiger partial charge is 0.409 e. The van der Waals surface area contributed by atoms with Gasteiger partial charge in [0.2, 0.25) is 0 Å². The van der Waals surface area contributed by atoms with E-state index in [1.807, 2.05) is 0 Å². The van der Waals surface area contributed by atoms with Crippen molar-refractivity contribution in [2.75, 3.05) is 32.8 Å².